The predicted molar refractivity (Wildman–Crippen MR) is 112 cm³/mol. The molecule has 158 valence electrons. The normalized spacial score (nSPS) is 16.0. The molecule has 3 rings (SSSR count). The van der Waals surface area contributed by atoms with Crippen molar-refractivity contribution in [1.82, 2.24) is 4.90 Å². The molecular weight excluding hydrogens is 386 g/mol. The summed E-state index contributed by atoms with van der Waals surface area (Å²) in [7, 11) is 0. The number of piperidine rings is 1. The minimum atomic E-state index is -0.469. The molecule has 1 unspecified atom stereocenters. The Bertz CT molecular complexity index is 916. The lowest BCUT2D eigenvalue weighted by molar-refractivity contribution is -0.385. The van der Waals surface area contributed by atoms with Gasteiger partial charge in [0.15, 0.2) is 0 Å². The van der Waals surface area contributed by atoms with Crippen LogP contribution in [0.5, 0.6) is 5.75 Å². The average molecular weight is 411 g/mol. The number of amides is 2. The van der Waals surface area contributed by atoms with Crippen molar-refractivity contribution in [2.24, 2.45) is 5.92 Å². The average Bonchev–Trinajstić information content (AvgIpc) is 2.75. The molecule has 2 aromatic carbocycles. The van der Waals surface area contributed by atoms with E-state index in [9.17, 15) is 19.7 Å². The van der Waals surface area contributed by atoms with E-state index in [2.05, 4.69) is 5.32 Å². The number of rotatable bonds is 7. The van der Waals surface area contributed by atoms with Crippen LogP contribution in [-0.2, 0) is 9.59 Å². The molecular formula is C22H25N3O5. The van der Waals surface area contributed by atoms with E-state index in [1.807, 2.05) is 30.3 Å². The van der Waals surface area contributed by atoms with Crippen LogP contribution in [0.15, 0.2) is 48.5 Å². The molecule has 1 atom stereocenters. The second-order valence-corrected chi connectivity index (χ2v) is 7.29. The predicted octanol–water partition coefficient (Wildman–Crippen LogP) is 3.55. The standard InChI is InChI=1S/C22H25N3O5/c1-16-19(10-5-11-20(16)25(28)29)23-22(27)17-7-6-13-24(15-17)21(26)12-14-30-18-8-3-2-4-9-18/h2-5,8-11,17H,6-7,12-15H2,1H3,(H,23,27). The highest BCUT2D eigenvalue weighted by molar-refractivity contribution is 5.94. The summed E-state index contributed by atoms with van der Waals surface area (Å²) in [5.74, 6) is 0.0940. The summed E-state index contributed by atoms with van der Waals surface area (Å²) >= 11 is 0. The van der Waals surface area contributed by atoms with Gasteiger partial charge in [0.1, 0.15) is 5.75 Å². The smallest absolute Gasteiger partial charge is 0.274 e. The number of hydrogen-bond donors (Lipinski definition) is 1. The lowest BCUT2D eigenvalue weighted by atomic mass is 9.96. The molecule has 2 amide bonds. The molecule has 8 heteroatoms. The topological polar surface area (TPSA) is 102 Å². The second-order valence-electron chi connectivity index (χ2n) is 7.29. The van der Waals surface area contributed by atoms with Crippen LogP contribution in [0.1, 0.15) is 24.8 Å². The molecule has 0 aliphatic carbocycles. The zero-order valence-electron chi connectivity index (χ0n) is 16.9. The van der Waals surface area contributed by atoms with E-state index in [1.54, 1.807) is 24.0 Å². The first-order chi connectivity index (χ1) is 14.5. The first kappa shape index (κ1) is 21.3. The van der Waals surface area contributed by atoms with E-state index < -0.39 is 4.92 Å². The molecule has 1 aliphatic rings. The third kappa shape index (κ3) is 5.34. The lowest BCUT2D eigenvalue weighted by Crippen LogP contribution is -2.44. The van der Waals surface area contributed by atoms with Crippen molar-refractivity contribution in [3.05, 3.63) is 64.2 Å². The Balaban J connectivity index is 1.54. The van der Waals surface area contributed by atoms with Crippen LogP contribution in [0.3, 0.4) is 0 Å². The number of carbonyl (C=O) groups is 2. The van der Waals surface area contributed by atoms with E-state index in [1.165, 1.54) is 6.07 Å². The Morgan fingerprint density at radius 3 is 2.70 bits per heavy atom. The first-order valence-electron chi connectivity index (χ1n) is 9.96. The molecule has 8 nitrogen and oxygen atoms in total. The number of benzene rings is 2. The van der Waals surface area contributed by atoms with Gasteiger partial charge in [0.2, 0.25) is 11.8 Å². The maximum Gasteiger partial charge on any atom is 0.274 e. The van der Waals surface area contributed by atoms with Crippen molar-refractivity contribution in [1.29, 1.82) is 0 Å². The first-order valence-corrected chi connectivity index (χ1v) is 9.96. The van der Waals surface area contributed by atoms with Crippen molar-refractivity contribution in [3.63, 3.8) is 0 Å². The molecule has 0 radical (unpaired) electrons. The SMILES string of the molecule is Cc1c(NC(=O)C2CCCN(C(=O)CCOc3ccccc3)C2)cccc1[N+](=O)[O-]. The minimum absolute atomic E-state index is 0.0355. The molecule has 1 heterocycles. The number of likely N-dealkylation sites (tertiary alicyclic amines) is 1. The summed E-state index contributed by atoms with van der Waals surface area (Å²) in [6, 6.07) is 13.9. The van der Waals surface area contributed by atoms with E-state index in [0.717, 1.165) is 6.42 Å². The molecule has 1 fully saturated rings. The molecule has 1 aliphatic heterocycles. The van der Waals surface area contributed by atoms with Gasteiger partial charge in [-0.05, 0) is 38.0 Å². The van der Waals surface area contributed by atoms with Crippen LogP contribution >= 0.6 is 0 Å². The fraction of sp³-hybridized carbons (Fsp3) is 0.364. The Kier molecular flexibility index (Phi) is 7.00. The van der Waals surface area contributed by atoms with Gasteiger partial charge in [-0.15, -0.1) is 0 Å². The van der Waals surface area contributed by atoms with E-state index in [-0.39, 0.29) is 36.4 Å². The summed E-state index contributed by atoms with van der Waals surface area (Å²) in [5, 5.41) is 13.9. The fourth-order valence-electron chi connectivity index (χ4n) is 3.54. The maximum atomic E-state index is 12.7. The molecule has 0 saturated carbocycles. The number of nitrogens with zero attached hydrogens (tertiary/aromatic N) is 2. The van der Waals surface area contributed by atoms with Crippen LogP contribution in [0, 0.1) is 23.0 Å². The van der Waals surface area contributed by atoms with Crippen molar-refractivity contribution >= 4 is 23.2 Å². The van der Waals surface area contributed by atoms with Gasteiger partial charge < -0.3 is 15.0 Å². The van der Waals surface area contributed by atoms with Crippen LogP contribution in [0.4, 0.5) is 11.4 Å². The van der Waals surface area contributed by atoms with Gasteiger partial charge in [-0.25, -0.2) is 0 Å². The van der Waals surface area contributed by atoms with Gasteiger partial charge in [-0.3, -0.25) is 19.7 Å². The van der Waals surface area contributed by atoms with E-state index >= 15 is 0 Å². The van der Waals surface area contributed by atoms with Crippen molar-refractivity contribution in [2.45, 2.75) is 26.2 Å². The number of para-hydroxylation sites is 1. The highest BCUT2D eigenvalue weighted by atomic mass is 16.6. The van der Waals surface area contributed by atoms with E-state index in [4.69, 9.17) is 4.74 Å². The van der Waals surface area contributed by atoms with Crippen LogP contribution < -0.4 is 10.1 Å². The maximum absolute atomic E-state index is 12.7. The summed E-state index contributed by atoms with van der Waals surface area (Å²) < 4.78 is 5.58. The van der Waals surface area contributed by atoms with Gasteiger partial charge in [0.05, 0.1) is 35.1 Å². The zero-order valence-corrected chi connectivity index (χ0v) is 16.9. The Morgan fingerprint density at radius 2 is 1.97 bits per heavy atom. The zero-order chi connectivity index (χ0) is 21.5. The van der Waals surface area contributed by atoms with Crippen molar-refractivity contribution in [3.8, 4) is 5.75 Å². The monoisotopic (exact) mass is 411 g/mol. The molecule has 1 saturated heterocycles. The Morgan fingerprint density at radius 1 is 1.20 bits per heavy atom. The largest absolute Gasteiger partial charge is 0.493 e. The minimum Gasteiger partial charge on any atom is -0.493 e. The summed E-state index contributed by atoms with van der Waals surface area (Å²) in [5.41, 5.74) is 0.804. The number of ether oxygens (including phenoxy) is 1. The van der Waals surface area contributed by atoms with Crippen LogP contribution in [0.25, 0.3) is 0 Å². The van der Waals surface area contributed by atoms with Gasteiger partial charge >= 0.3 is 0 Å². The summed E-state index contributed by atoms with van der Waals surface area (Å²) in [4.78, 5) is 37.6. The Labute approximate surface area is 175 Å². The van der Waals surface area contributed by atoms with Crippen molar-refractivity contribution < 1.29 is 19.2 Å². The van der Waals surface area contributed by atoms with Gasteiger partial charge in [0, 0.05) is 19.2 Å². The molecule has 0 aromatic heterocycles. The number of anilines is 1. The van der Waals surface area contributed by atoms with E-state index in [0.29, 0.717) is 36.5 Å². The number of nitro groups is 1. The summed E-state index contributed by atoms with van der Waals surface area (Å²) in [6.07, 6.45) is 1.65. The Hall–Kier alpha value is -3.42. The summed E-state index contributed by atoms with van der Waals surface area (Å²) in [6.45, 7) is 2.84. The molecule has 0 spiro atoms. The molecule has 1 N–H and O–H groups in total. The highest BCUT2D eigenvalue weighted by Gasteiger charge is 2.29. The highest BCUT2D eigenvalue weighted by Crippen LogP contribution is 2.26. The fourth-order valence-corrected chi connectivity index (χ4v) is 3.54. The second kappa shape index (κ2) is 9.87. The molecule has 0 bridgehead atoms. The van der Waals surface area contributed by atoms with Gasteiger partial charge in [0.25, 0.3) is 5.69 Å². The molecule has 2 aromatic rings. The molecule has 30 heavy (non-hydrogen) atoms. The number of carbonyl (C=O) groups excluding carboxylic acids is 2. The van der Waals surface area contributed by atoms with Crippen LogP contribution in [0.2, 0.25) is 0 Å². The third-order valence-electron chi connectivity index (χ3n) is 5.23. The third-order valence-corrected chi connectivity index (χ3v) is 5.23. The number of nitro benzene ring substituents is 1. The van der Waals surface area contributed by atoms with Crippen molar-refractivity contribution in [2.75, 3.05) is 25.0 Å². The van der Waals surface area contributed by atoms with Gasteiger partial charge in [-0.2, -0.15) is 0 Å². The van der Waals surface area contributed by atoms with Gasteiger partial charge in [-0.1, -0.05) is 24.3 Å². The van der Waals surface area contributed by atoms with Crippen LogP contribution in [-0.4, -0.2) is 41.3 Å². The quantitative estimate of drug-likeness (QED) is 0.555. The lowest BCUT2D eigenvalue weighted by Gasteiger charge is -2.32. The number of nitrogens with one attached hydrogen (secondary N) is 1. The number of hydrogen-bond acceptors (Lipinski definition) is 5.